The average molecular weight is 913 g/mol. The first-order valence-corrected chi connectivity index (χ1v) is 17.7. The van der Waals surface area contributed by atoms with Gasteiger partial charge in [0, 0.05) is 93.1 Å². The van der Waals surface area contributed by atoms with E-state index in [2.05, 4.69) is 28.2 Å². The zero-order valence-electron chi connectivity index (χ0n) is 31.3. The molecule has 1 aromatic heterocycles. The zero-order chi connectivity index (χ0) is 35.8. The number of fused-ring (bicyclic) bond motifs is 8. The summed E-state index contributed by atoms with van der Waals surface area (Å²) < 4.78 is 39.4. The molecule has 3 saturated heterocycles. The van der Waals surface area contributed by atoms with Gasteiger partial charge in [-0.3, -0.25) is 9.88 Å². The van der Waals surface area contributed by atoms with Crippen molar-refractivity contribution in [3.8, 4) is 0 Å². The van der Waals surface area contributed by atoms with Crippen molar-refractivity contribution in [3.63, 3.8) is 0 Å². The summed E-state index contributed by atoms with van der Waals surface area (Å²) in [4.78, 5) is 20.7. The summed E-state index contributed by atoms with van der Waals surface area (Å²) in [5, 5.41) is 33.6. The Bertz CT molecular complexity index is 1520. The summed E-state index contributed by atoms with van der Waals surface area (Å²) in [6, 6.07) is 2.92. The van der Waals surface area contributed by atoms with Crippen LogP contribution in [0.5, 0.6) is 0 Å². The number of likely N-dealkylation sites (N-methyl/N-ethyl adjacent to an activating group) is 1. The van der Waals surface area contributed by atoms with Gasteiger partial charge in [-0.05, 0) is 49.6 Å². The Morgan fingerprint density at radius 1 is 1.20 bits per heavy atom. The third kappa shape index (κ3) is 6.03. The third-order valence-electron chi connectivity index (χ3n) is 12.9. The molecular formula is C37H53AcN3O9. The number of hydrogen-bond donors (Lipinski definition) is 4. The molecule has 1 aromatic rings. The summed E-state index contributed by atoms with van der Waals surface area (Å²) in [5.41, 5.74) is -1.22. The van der Waals surface area contributed by atoms with Gasteiger partial charge in [0.2, 0.25) is 1.43 Å². The standard InChI is InChI=1S/C37H53N3O9.Ac/c1-20-8-9-23(39-17-20)28(38-7)29(41)33(42)47-24-16-37(44)22(3)31-35(6,11-10-25-36(31,43)19-46-25)32-30(27(21(24)2)34(37,4)5)48-26(49-32)18-40-12-14-45-15-13-40;/h8-11,17,22,24-26,28-32,38,41,43-44H,12-16,18-19H2,1-7H3;/t22-,24-,25+,26+,28-,29+,30+,31-,32+,35+,36-,37+;/m0./s1/i41T;. The van der Waals surface area contributed by atoms with E-state index in [1.165, 1.54) is 0 Å². The second-order valence-electron chi connectivity index (χ2n) is 15.9. The number of hydrogen-bond acceptors (Lipinski definition) is 12. The zero-order valence-corrected chi connectivity index (χ0v) is 35.0. The molecule has 4 fully saturated rings. The number of rotatable bonds is 8. The number of nitrogens with one attached hydrogen (secondary N) is 1. The third-order valence-corrected chi connectivity index (χ3v) is 12.9. The number of nitrogens with zero attached hydrogens (tertiary/aromatic N) is 2. The van der Waals surface area contributed by atoms with Gasteiger partial charge in [-0.25, -0.2) is 4.79 Å². The van der Waals surface area contributed by atoms with E-state index >= 15 is 0 Å². The molecule has 50 heavy (non-hydrogen) atoms. The molecule has 13 heteroatoms. The topological polar surface area (TPSA) is 152 Å². The molecule has 4 N–H and O–H groups in total. The Hall–Kier alpha value is -0.818. The molecule has 7 rings (SSSR count). The summed E-state index contributed by atoms with van der Waals surface area (Å²) in [6.07, 6.45) is 1.40. The minimum Gasteiger partial charge on any atom is -0.456 e. The Kier molecular flexibility index (Phi) is 10.6. The van der Waals surface area contributed by atoms with Crippen LogP contribution >= 0.6 is 0 Å². The molecule has 0 spiro atoms. The van der Waals surface area contributed by atoms with E-state index in [1.54, 1.807) is 19.3 Å². The van der Waals surface area contributed by atoms with Crippen molar-refractivity contribution in [2.24, 2.45) is 22.7 Å². The van der Waals surface area contributed by atoms with Gasteiger partial charge < -0.3 is 44.3 Å². The van der Waals surface area contributed by atoms with Gasteiger partial charge in [-0.1, -0.05) is 45.9 Å². The summed E-state index contributed by atoms with van der Waals surface area (Å²) >= 11 is 0. The maximum Gasteiger partial charge on any atom is 0.337 e. The molecule has 1 radical (unpaired) electrons. The van der Waals surface area contributed by atoms with Crippen molar-refractivity contribution >= 4 is 5.97 Å². The normalized spacial score (nSPS) is 41.9. The molecule has 273 valence electrons. The number of carbonyl (C=O) groups excluding carboxylic acids is 1. The number of carbonyl (C=O) groups is 1. The maximum absolute atomic E-state index is 14.0. The molecule has 12 nitrogen and oxygen atoms in total. The van der Waals surface area contributed by atoms with Crippen molar-refractivity contribution < 1.29 is 87.9 Å². The molecule has 3 aliphatic heterocycles. The van der Waals surface area contributed by atoms with Crippen LogP contribution in [0.4, 0.5) is 0 Å². The molecule has 12 atom stereocenters. The van der Waals surface area contributed by atoms with Crippen LogP contribution in [-0.4, -0.2) is 127 Å². The minimum atomic E-state index is -1.46. The monoisotopic (exact) mass is 912 g/mol. The fraction of sp³-hybridized carbons (Fsp3) is 0.730. The first-order chi connectivity index (χ1) is 23.7. The molecular weight excluding hydrogens is 857 g/mol. The minimum absolute atomic E-state index is 0. The van der Waals surface area contributed by atoms with Crippen LogP contribution in [0.3, 0.4) is 0 Å². The smallest absolute Gasteiger partial charge is 0.337 e. The molecule has 1 saturated carbocycles. The SMILES string of the molecule is [3H]O[C@@H](C(=O)O[C@H]1C[C@@]2(O)[C@@H](C)[C@H]3[C@@](C)(C=C[C@H]4OC[C@]43O)[C@@H]3O[C@H](CN4CCOCC4)O[C@@H]3C(=C1C)C2(C)C)[C@@H](NC)c1ccc(C)cn1.[Ac]. The first-order valence-electron chi connectivity index (χ1n) is 18.1. The number of esters is 1. The van der Waals surface area contributed by atoms with E-state index in [-0.39, 0.29) is 57.1 Å². The molecule has 0 unspecified atom stereocenters. The number of aromatic nitrogens is 1. The van der Waals surface area contributed by atoms with Gasteiger partial charge in [-0.2, -0.15) is 0 Å². The number of morpholine rings is 1. The summed E-state index contributed by atoms with van der Waals surface area (Å²) in [5.74, 6) is -1.73. The average Bonchev–Trinajstić information content (AvgIpc) is 3.49. The molecule has 0 aromatic carbocycles. The predicted octanol–water partition coefficient (Wildman–Crippen LogP) is 1.81. The van der Waals surface area contributed by atoms with Gasteiger partial charge in [0.25, 0.3) is 0 Å². The number of aliphatic hydroxyl groups is 3. The fourth-order valence-electron chi connectivity index (χ4n) is 10.1. The van der Waals surface area contributed by atoms with E-state index in [0.717, 1.165) is 29.8 Å². The van der Waals surface area contributed by atoms with Gasteiger partial charge in [-0.15, -0.1) is 0 Å². The van der Waals surface area contributed by atoms with Crippen molar-refractivity contribution in [1.82, 2.24) is 15.2 Å². The van der Waals surface area contributed by atoms with Gasteiger partial charge in [0.15, 0.2) is 12.4 Å². The Labute approximate surface area is 332 Å². The van der Waals surface area contributed by atoms with E-state index in [9.17, 15) is 15.0 Å². The molecule has 2 bridgehead atoms. The first kappa shape index (κ1) is 37.5. The van der Waals surface area contributed by atoms with Crippen LogP contribution in [0.15, 0.2) is 41.6 Å². The van der Waals surface area contributed by atoms with Gasteiger partial charge in [0.1, 0.15) is 30.0 Å². The summed E-state index contributed by atoms with van der Waals surface area (Å²) in [7, 11) is 1.67. The van der Waals surface area contributed by atoms with Crippen molar-refractivity contribution in [2.75, 3.05) is 46.5 Å². The van der Waals surface area contributed by atoms with Crippen LogP contribution in [-0.2, 0) is 28.5 Å². The Balaban J connectivity index is 0.00000448. The fourth-order valence-corrected chi connectivity index (χ4v) is 10.1. The van der Waals surface area contributed by atoms with E-state index in [4.69, 9.17) is 30.2 Å². The van der Waals surface area contributed by atoms with Gasteiger partial charge in [0.05, 0.1) is 37.2 Å². The quantitative estimate of drug-likeness (QED) is 0.223. The number of aryl methyl sites for hydroxylation is 1. The number of pyridine rings is 1. The second-order valence-corrected chi connectivity index (χ2v) is 15.9. The predicted molar refractivity (Wildman–Crippen MR) is 178 cm³/mol. The Morgan fingerprint density at radius 2 is 1.94 bits per heavy atom. The number of ether oxygens (including phenoxy) is 5. The maximum atomic E-state index is 14.0. The van der Waals surface area contributed by atoms with E-state index in [1.807, 2.05) is 46.8 Å². The van der Waals surface area contributed by atoms with Crippen LogP contribution in [0.1, 0.15) is 58.3 Å². The number of aliphatic hydroxyl groups excluding tert-OH is 1. The van der Waals surface area contributed by atoms with Crippen molar-refractivity contribution in [1.29, 1.82) is 1.43 Å². The van der Waals surface area contributed by atoms with E-state index < -0.39 is 82.7 Å². The van der Waals surface area contributed by atoms with Crippen LogP contribution in [0.25, 0.3) is 0 Å². The molecule has 0 amide bonds. The Morgan fingerprint density at radius 3 is 2.56 bits per heavy atom. The second kappa shape index (κ2) is 14.1. The van der Waals surface area contributed by atoms with Crippen molar-refractivity contribution in [3.05, 3.63) is 52.9 Å². The molecule has 4 heterocycles. The molecule has 3 aliphatic carbocycles. The van der Waals surface area contributed by atoms with Crippen LogP contribution in [0, 0.1) is 73.7 Å². The van der Waals surface area contributed by atoms with Gasteiger partial charge >= 0.3 is 5.97 Å². The van der Waals surface area contributed by atoms with Crippen molar-refractivity contribution in [2.45, 2.75) is 102 Å². The molecule has 6 aliphatic rings. The largest absolute Gasteiger partial charge is 0.456 e. The van der Waals surface area contributed by atoms with E-state index in [0.29, 0.717) is 25.5 Å². The van der Waals surface area contributed by atoms with Crippen LogP contribution < -0.4 is 5.32 Å². The summed E-state index contributed by atoms with van der Waals surface area (Å²) in [6.45, 7) is 15.5. The van der Waals surface area contributed by atoms with Crippen LogP contribution in [0.2, 0.25) is 0 Å².